The van der Waals surface area contributed by atoms with Crippen molar-refractivity contribution in [2.24, 2.45) is 5.92 Å². The second-order valence-electron chi connectivity index (χ2n) is 5.29. The van der Waals surface area contributed by atoms with Crippen molar-refractivity contribution in [3.05, 3.63) is 28.2 Å². The van der Waals surface area contributed by atoms with Crippen molar-refractivity contribution in [2.45, 2.75) is 32.6 Å². The number of halogens is 1. The Balaban J connectivity index is 2.00. The van der Waals surface area contributed by atoms with Crippen molar-refractivity contribution in [2.75, 3.05) is 18.5 Å². The second-order valence-corrected chi connectivity index (χ2v) is 6.21. The van der Waals surface area contributed by atoms with Gasteiger partial charge in [-0.15, -0.1) is 0 Å². The smallest absolute Gasteiger partial charge is 0.132 e. The molecule has 0 bridgehead atoms. The van der Waals surface area contributed by atoms with Crippen LogP contribution in [0.3, 0.4) is 0 Å². The molecule has 0 aromatic heterocycles. The van der Waals surface area contributed by atoms with Crippen LogP contribution >= 0.6 is 15.9 Å². The van der Waals surface area contributed by atoms with E-state index in [-0.39, 0.29) is 0 Å². The van der Waals surface area contributed by atoms with Gasteiger partial charge in [-0.1, -0.05) is 22.0 Å². The van der Waals surface area contributed by atoms with Crippen molar-refractivity contribution in [3.63, 3.8) is 0 Å². The minimum Gasteiger partial charge on any atom is -0.374 e. The molecule has 1 fully saturated rings. The zero-order valence-electron chi connectivity index (χ0n) is 11.1. The van der Waals surface area contributed by atoms with E-state index >= 15 is 0 Å². The largest absolute Gasteiger partial charge is 0.374 e. The Labute approximate surface area is 117 Å². The van der Waals surface area contributed by atoms with E-state index in [2.05, 4.69) is 53.0 Å². The van der Waals surface area contributed by atoms with E-state index in [1.807, 2.05) is 0 Å². The topological polar surface area (TPSA) is 20.3 Å². The van der Waals surface area contributed by atoms with Gasteiger partial charge in [-0.25, -0.2) is 0 Å². The molecular formula is C15H20BrNO. The van der Waals surface area contributed by atoms with Crippen molar-refractivity contribution in [3.8, 4) is 0 Å². The van der Waals surface area contributed by atoms with Crippen LogP contribution in [0.5, 0.6) is 0 Å². The highest BCUT2D eigenvalue weighted by Gasteiger charge is 2.20. The lowest BCUT2D eigenvalue weighted by atomic mass is 9.88. The lowest BCUT2D eigenvalue weighted by Crippen LogP contribution is -2.28. The summed E-state index contributed by atoms with van der Waals surface area (Å²) in [5.74, 6) is 1.10. The first-order chi connectivity index (χ1) is 8.56. The van der Waals surface area contributed by atoms with Gasteiger partial charge in [0.2, 0.25) is 0 Å². The monoisotopic (exact) mass is 309 g/mol. The number of rotatable bonds is 3. The third kappa shape index (κ3) is 3.35. The molecule has 0 saturated heterocycles. The Hall–Kier alpha value is -0.830. The summed E-state index contributed by atoms with van der Waals surface area (Å²) >= 11 is 3.53. The molecule has 0 spiro atoms. The molecule has 3 heteroatoms. The van der Waals surface area contributed by atoms with Crippen LogP contribution in [0.1, 0.15) is 31.2 Å². The fraction of sp³-hybridized carbons (Fsp3) is 0.533. The summed E-state index contributed by atoms with van der Waals surface area (Å²) in [4.78, 5) is 13.6. The average molecular weight is 310 g/mol. The molecule has 0 unspecified atom stereocenters. The Bertz CT molecular complexity index is 434. The second kappa shape index (κ2) is 5.87. The van der Waals surface area contributed by atoms with Crippen LogP contribution in [0.15, 0.2) is 22.7 Å². The molecule has 1 aliphatic carbocycles. The molecule has 1 aromatic carbocycles. The molecule has 1 aliphatic rings. The van der Waals surface area contributed by atoms with Gasteiger partial charge in [0.15, 0.2) is 0 Å². The van der Waals surface area contributed by atoms with E-state index in [1.165, 1.54) is 11.3 Å². The van der Waals surface area contributed by atoms with Crippen LogP contribution in [0, 0.1) is 12.8 Å². The number of anilines is 1. The first-order valence-corrected chi connectivity index (χ1v) is 7.34. The Morgan fingerprint density at radius 2 is 2.00 bits per heavy atom. The third-order valence-electron chi connectivity index (χ3n) is 3.78. The van der Waals surface area contributed by atoms with Gasteiger partial charge in [0.25, 0.3) is 0 Å². The molecule has 0 amide bonds. The number of Topliss-reactive ketones (excluding diaryl/α,β-unsaturated/α-hetero) is 1. The summed E-state index contributed by atoms with van der Waals surface area (Å²) < 4.78 is 1.12. The molecule has 0 heterocycles. The van der Waals surface area contributed by atoms with Gasteiger partial charge in [-0.2, -0.15) is 0 Å². The maximum Gasteiger partial charge on any atom is 0.132 e. The van der Waals surface area contributed by atoms with E-state index in [0.717, 1.165) is 36.7 Å². The zero-order chi connectivity index (χ0) is 13.1. The number of hydrogen-bond donors (Lipinski definition) is 0. The summed E-state index contributed by atoms with van der Waals surface area (Å²) in [5.41, 5.74) is 2.58. The molecule has 0 N–H and O–H groups in total. The summed E-state index contributed by atoms with van der Waals surface area (Å²) in [7, 11) is 2.14. The lowest BCUT2D eigenvalue weighted by molar-refractivity contribution is -0.120. The van der Waals surface area contributed by atoms with Crippen LogP contribution in [0.25, 0.3) is 0 Å². The van der Waals surface area contributed by atoms with Crippen molar-refractivity contribution in [1.29, 1.82) is 0 Å². The Morgan fingerprint density at radius 1 is 1.33 bits per heavy atom. The van der Waals surface area contributed by atoms with Gasteiger partial charge < -0.3 is 4.90 Å². The predicted molar refractivity (Wildman–Crippen MR) is 79.1 cm³/mol. The molecule has 98 valence electrons. The van der Waals surface area contributed by atoms with Crippen molar-refractivity contribution < 1.29 is 4.79 Å². The summed E-state index contributed by atoms with van der Waals surface area (Å²) in [6.07, 6.45) is 3.65. The van der Waals surface area contributed by atoms with Crippen molar-refractivity contribution >= 4 is 27.4 Å². The zero-order valence-corrected chi connectivity index (χ0v) is 12.7. The van der Waals surface area contributed by atoms with Crippen LogP contribution in [0.2, 0.25) is 0 Å². The molecule has 0 radical (unpaired) electrons. The average Bonchev–Trinajstić information content (AvgIpc) is 2.35. The molecule has 0 atom stereocenters. The third-order valence-corrected chi connectivity index (χ3v) is 4.27. The summed E-state index contributed by atoms with van der Waals surface area (Å²) in [6, 6.07) is 6.38. The quantitative estimate of drug-likeness (QED) is 0.842. The van der Waals surface area contributed by atoms with Crippen LogP contribution in [0.4, 0.5) is 5.69 Å². The minimum absolute atomic E-state index is 0.438. The molecular weight excluding hydrogens is 290 g/mol. The highest BCUT2D eigenvalue weighted by molar-refractivity contribution is 9.10. The van der Waals surface area contributed by atoms with Crippen LogP contribution in [-0.2, 0) is 4.79 Å². The Kier molecular flexibility index (Phi) is 4.44. The highest BCUT2D eigenvalue weighted by atomic mass is 79.9. The highest BCUT2D eigenvalue weighted by Crippen LogP contribution is 2.27. The van der Waals surface area contributed by atoms with E-state index in [0.29, 0.717) is 11.7 Å². The number of hydrogen-bond acceptors (Lipinski definition) is 2. The van der Waals surface area contributed by atoms with Gasteiger partial charge in [0.1, 0.15) is 5.78 Å². The fourth-order valence-electron chi connectivity index (χ4n) is 2.66. The van der Waals surface area contributed by atoms with E-state index in [1.54, 1.807) is 0 Å². The maximum absolute atomic E-state index is 11.2. The standard InChI is InChI=1S/C15H20BrNO/c1-11-3-6-13(16)9-15(11)17(2)10-12-4-7-14(18)8-5-12/h3,6,9,12H,4-5,7-8,10H2,1-2H3. The Morgan fingerprint density at radius 3 is 2.67 bits per heavy atom. The van der Waals surface area contributed by atoms with Crippen LogP contribution < -0.4 is 4.90 Å². The maximum atomic E-state index is 11.2. The molecule has 2 nitrogen and oxygen atoms in total. The number of aryl methyl sites for hydroxylation is 1. The minimum atomic E-state index is 0.438. The number of carbonyl (C=O) groups is 1. The summed E-state index contributed by atoms with van der Waals surface area (Å²) in [6.45, 7) is 3.19. The van der Waals surface area contributed by atoms with Crippen LogP contribution in [-0.4, -0.2) is 19.4 Å². The van der Waals surface area contributed by atoms with E-state index in [9.17, 15) is 4.79 Å². The van der Waals surface area contributed by atoms with Gasteiger partial charge in [-0.05, 0) is 43.4 Å². The molecule has 1 aromatic rings. The molecule has 2 rings (SSSR count). The number of carbonyl (C=O) groups excluding carboxylic acids is 1. The van der Waals surface area contributed by atoms with Gasteiger partial charge in [0.05, 0.1) is 0 Å². The first kappa shape index (κ1) is 13.6. The van der Waals surface area contributed by atoms with E-state index < -0.39 is 0 Å². The molecule has 0 aliphatic heterocycles. The van der Waals surface area contributed by atoms with Gasteiger partial charge >= 0.3 is 0 Å². The van der Waals surface area contributed by atoms with Gasteiger partial charge in [0, 0.05) is 36.6 Å². The lowest BCUT2D eigenvalue weighted by Gasteiger charge is -2.29. The van der Waals surface area contributed by atoms with E-state index in [4.69, 9.17) is 0 Å². The summed E-state index contributed by atoms with van der Waals surface area (Å²) in [5, 5.41) is 0. The number of benzene rings is 1. The predicted octanol–water partition coefficient (Wildman–Crippen LogP) is 3.95. The fourth-order valence-corrected chi connectivity index (χ4v) is 3.01. The van der Waals surface area contributed by atoms with Gasteiger partial charge in [-0.3, -0.25) is 4.79 Å². The SMILES string of the molecule is Cc1ccc(Br)cc1N(C)CC1CCC(=O)CC1. The van der Waals surface area contributed by atoms with Crippen molar-refractivity contribution in [1.82, 2.24) is 0 Å². The molecule has 1 saturated carbocycles. The normalized spacial score (nSPS) is 16.9. The molecule has 18 heavy (non-hydrogen) atoms. The first-order valence-electron chi connectivity index (χ1n) is 6.55. The number of ketones is 1. The number of nitrogens with zero attached hydrogens (tertiary/aromatic N) is 1.